The molecule has 1 amide bonds. The molecule has 1 aromatic heterocycles. The van der Waals surface area contributed by atoms with E-state index in [-0.39, 0.29) is 17.9 Å². The maximum absolute atomic E-state index is 12.9. The third kappa shape index (κ3) is 3.58. The van der Waals surface area contributed by atoms with E-state index in [0.29, 0.717) is 19.1 Å². The summed E-state index contributed by atoms with van der Waals surface area (Å²) in [5.41, 5.74) is 2.68. The van der Waals surface area contributed by atoms with Crippen molar-refractivity contribution >= 4 is 5.91 Å². The smallest absolute Gasteiger partial charge is 0.226 e. The number of nitrogens with zero attached hydrogens (tertiary/aromatic N) is 2. The summed E-state index contributed by atoms with van der Waals surface area (Å²) in [4.78, 5) is 17.2. The van der Waals surface area contributed by atoms with Gasteiger partial charge in [0.1, 0.15) is 17.7 Å². The topological polar surface area (TPSA) is 65.4 Å². The Balaban J connectivity index is 1.42. The predicted molar refractivity (Wildman–Crippen MR) is 102 cm³/mol. The summed E-state index contributed by atoms with van der Waals surface area (Å²) in [5.74, 6) is 1.98. The first-order chi connectivity index (χ1) is 13.2. The summed E-state index contributed by atoms with van der Waals surface area (Å²) in [6.07, 6.45) is 7.44. The van der Waals surface area contributed by atoms with Gasteiger partial charge in [-0.05, 0) is 48.9 Å². The van der Waals surface area contributed by atoms with Crippen molar-refractivity contribution in [3.05, 3.63) is 47.5 Å². The van der Waals surface area contributed by atoms with E-state index in [4.69, 9.17) is 9.47 Å². The number of methoxy groups -OCH3 is 1. The van der Waals surface area contributed by atoms with Gasteiger partial charge < -0.3 is 19.4 Å². The summed E-state index contributed by atoms with van der Waals surface area (Å²) >= 11 is 0. The van der Waals surface area contributed by atoms with Crippen LogP contribution in [0.5, 0.6) is 5.75 Å². The number of carbonyl (C=O) groups is 1. The molecule has 2 heterocycles. The zero-order chi connectivity index (χ0) is 18.8. The average molecular weight is 369 g/mol. The highest BCUT2D eigenvalue weighted by molar-refractivity contribution is 5.79. The van der Waals surface area contributed by atoms with Gasteiger partial charge in [0.2, 0.25) is 5.91 Å². The molecule has 6 heteroatoms. The minimum Gasteiger partial charge on any atom is -0.497 e. The van der Waals surface area contributed by atoms with Crippen molar-refractivity contribution in [3.8, 4) is 5.75 Å². The number of ether oxygens (including phenoxy) is 2. The van der Waals surface area contributed by atoms with E-state index >= 15 is 0 Å². The van der Waals surface area contributed by atoms with Crippen molar-refractivity contribution in [2.45, 2.75) is 37.7 Å². The van der Waals surface area contributed by atoms with Gasteiger partial charge in [0.25, 0.3) is 0 Å². The van der Waals surface area contributed by atoms with Crippen LogP contribution in [0.15, 0.2) is 30.6 Å². The van der Waals surface area contributed by atoms with E-state index in [0.717, 1.165) is 37.3 Å². The number of aryl methyl sites for hydroxylation is 2. The quantitative estimate of drug-likeness (QED) is 0.880. The Hall–Kier alpha value is -2.34. The summed E-state index contributed by atoms with van der Waals surface area (Å²) < 4.78 is 13.1. The van der Waals surface area contributed by atoms with Crippen LogP contribution in [0.25, 0.3) is 0 Å². The number of imidazole rings is 1. The van der Waals surface area contributed by atoms with Crippen LogP contribution in [-0.4, -0.2) is 35.7 Å². The zero-order valence-corrected chi connectivity index (χ0v) is 16.0. The molecule has 1 aromatic carbocycles. The molecule has 0 radical (unpaired) electrons. The maximum Gasteiger partial charge on any atom is 0.226 e. The molecule has 1 aliphatic heterocycles. The number of amides is 1. The number of hydrogen-bond donors (Lipinski definition) is 1. The Labute approximate surface area is 159 Å². The minimum atomic E-state index is -0.257. The SMILES string of the molecule is COc1ccc2c(c1)CCCC2CNC(=O)[C@@H]1CCO[C@H]1c1nccn1C. The summed E-state index contributed by atoms with van der Waals surface area (Å²) in [6, 6.07) is 6.30. The lowest BCUT2D eigenvalue weighted by Crippen LogP contribution is -2.36. The maximum atomic E-state index is 12.9. The lowest BCUT2D eigenvalue weighted by atomic mass is 9.82. The van der Waals surface area contributed by atoms with Gasteiger partial charge in [0, 0.05) is 38.5 Å². The molecular formula is C21H27N3O3. The van der Waals surface area contributed by atoms with Crippen molar-refractivity contribution in [1.82, 2.24) is 14.9 Å². The summed E-state index contributed by atoms with van der Waals surface area (Å²) in [5, 5.41) is 3.19. The number of fused-ring (bicyclic) bond motifs is 1. The summed E-state index contributed by atoms with van der Waals surface area (Å²) in [6.45, 7) is 1.27. The highest BCUT2D eigenvalue weighted by atomic mass is 16.5. The molecule has 4 rings (SSSR count). The van der Waals surface area contributed by atoms with Gasteiger partial charge in [-0.2, -0.15) is 0 Å². The molecule has 1 saturated heterocycles. The van der Waals surface area contributed by atoms with Crippen LogP contribution in [0.3, 0.4) is 0 Å². The van der Waals surface area contributed by atoms with E-state index in [1.165, 1.54) is 11.1 Å². The van der Waals surface area contributed by atoms with E-state index in [2.05, 4.69) is 22.4 Å². The second-order valence-corrected chi connectivity index (χ2v) is 7.48. The number of benzene rings is 1. The van der Waals surface area contributed by atoms with Gasteiger partial charge in [0.15, 0.2) is 0 Å². The highest BCUT2D eigenvalue weighted by Crippen LogP contribution is 2.35. The third-order valence-corrected chi connectivity index (χ3v) is 5.85. The molecule has 3 atom stereocenters. The standard InChI is InChI=1S/C21H27N3O3/c1-24-10-9-22-20(24)19-18(8-11-27-19)21(25)23-13-15-5-3-4-14-12-16(26-2)6-7-17(14)15/h6-7,9-10,12,15,18-19H,3-5,8,11,13H2,1-2H3,(H,23,25)/t15?,18-,19-/m1/s1. The lowest BCUT2D eigenvalue weighted by Gasteiger charge is -2.27. The van der Waals surface area contributed by atoms with E-state index < -0.39 is 0 Å². The Morgan fingerprint density at radius 1 is 1.41 bits per heavy atom. The van der Waals surface area contributed by atoms with Crippen molar-refractivity contribution in [2.24, 2.45) is 13.0 Å². The second kappa shape index (κ2) is 7.72. The first-order valence-corrected chi connectivity index (χ1v) is 9.70. The van der Waals surface area contributed by atoms with Gasteiger partial charge in [-0.25, -0.2) is 4.98 Å². The van der Waals surface area contributed by atoms with E-state index in [9.17, 15) is 4.79 Å². The van der Waals surface area contributed by atoms with Crippen molar-refractivity contribution in [2.75, 3.05) is 20.3 Å². The monoisotopic (exact) mass is 369 g/mol. The first kappa shape index (κ1) is 18.0. The largest absolute Gasteiger partial charge is 0.497 e. The Morgan fingerprint density at radius 3 is 3.07 bits per heavy atom. The van der Waals surface area contributed by atoms with Crippen LogP contribution in [0.1, 0.15) is 48.2 Å². The fourth-order valence-electron chi connectivity index (χ4n) is 4.35. The number of nitrogens with one attached hydrogen (secondary N) is 1. The number of hydrogen-bond acceptors (Lipinski definition) is 4. The van der Waals surface area contributed by atoms with Crippen LogP contribution in [0.2, 0.25) is 0 Å². The number of carbonyl (C=O) groups excluding carboxylic acids is 1. The molecule has 0 bridgehead atoms. The second-order valence-electron chi connectivity index (χ2n) is 7.48. The lowest BCUT2D eigenvalue weighted by molar-refractivity contribution is -0.127. The minimum absolute atomic E-state index is 0.0705. The van der Waals surface area contributed by atoms with Gasteiger partial charge in [-0.15, -0.1) is 0 Å². The molecule has 1 fully saturated rings. The fourth-order valence-corrected chi connectivity index (χ4v) is 4.35. The Morgan fingerprint density at radius 2 is 2.30 bits per heavy atom. The first-order valence-electron chi connectivity index (χ1n) is 9.70. The normalized spacial score (nSPS) is 24.4. The Kier molecular flexibility index (Phi) is 5.16. The molecule has 1 unspecified atom stereocenters. The number of rotatable bonds is 5. The van der Waals surface area contributed by atoms with Gasteiger partial charge >= 0.3 is 0 Å². The van der Waals surface area contributed by atoms with Crippen molar-refractivity contribution < 1.29 is 14.3 Å². The van der Waals surface area contributed by atoms with Crippen LogP contribution in [0.4, 0.5) is 0 Å². The van der Waals surface area contributed by atoms with E-state index in [1.54, 1.807) is 13.3 Å². The average Bonchev–Trinajstić information content (AvgIpc) is 3.34. The molecule has 1 N–H and O–H groups in total. The Bertz CT molecular complexity index is 817. The third-order valence-electron chi connectivity index (χ3n) is 5.85. The van der Waals surface area contributed by atoms with Crippen molar-refractivity contribution in [1.29, 1.82) is 0 Å². The molecule has 0 spiro atoms. The van der Waals surface area contributed by atoms with Gasteiger partial charge in [-0.3, -0.25) is 4.79 Å². The molecule has 2 aromatic rings. The van der Waals surface area contributed by atoms with Crippen LogP contribution >= 0.6 is 0 Å². The molecule has 0 saturated carbocycles. The molecule has 1 aliphatic carbocycles. The van der Waals surface area contributed by atoms with Crippen LogP contribution in [0, 0.1) is 5.92 Å². The van der Waals surface area contributed by atoms with Crippen molar-refractivity contribution in [3.63, 3.8) is 0 Å². The zero-order valence-electron chi connectivity index (χ0n) is 16.0. The highest BCUT2D eigenvalue weighted by Gasteiger charge is 2.37. The van der Waals surface area contributed by atoms with Crippen LogP contribution < -0.4 is 10.1 Å². The molecule has 144 valence electrons. The number of aromatic nitrogens is 2. The fraction of sp³-hybridized carbons (Fsp3) is 0.524. The van der Waals surface area contributed by atoms with Crippen LogP contribution in [-0.2, 0) is 23.0 Å². The molecular weight excluding hydrogens is 342 g/mol. The van der Waals surface area contributed by atoms with E-state index in [1.807, 2.05) is 23.9 Å². The predicted octanol–water partition coefficient (Wildman–Crippen LogP) is 2.74. The summed E-state index contributed by atoms with van der Waals surface area (Å²) in [7, 11) is 3.64. The molecule has 6 nitrogen and oxygen atoms in total. The van der Waals surface area contributed by atoms with Gasteiger partial charge in [-0.1, -0.05) is 6.07 Å². The molecule has 27 heavy (non-hydrogen) atoms. The van der Waals surface area contributed by atoms with Gasteiger partial charge in [0.05, 0.1) is 13.0 Å². The molecule has 2 aliphatic rings.